The molecule has 139 heavy (non-hydrogen) atoms. The molecule has 0 aromatic rings. The molecule has 2 heteroatoms. The van der Waals surface area contributed by atoms with Crippen LogP contribution in [0.2, 0.25) is 0 Å². The quantitative estimate of drug-likeness (QED) is 0.0448. The molecule has 0 rings (SSSR count). The van der Waals surface area contributed by atoms with Crippen molar-refractivity contribution in [2.24, 2.45) is 0 Å². The van der Waals surface area contributed by atoms with Crippen LogP contribution in [0.5, 0.6) is 0 Å². The van der Waals surface area contributed by atoms with Crippen LogP contribution in [0.4, 0.5) is 0 Å². The van der Waals surface area contributed by atoms with Crippen molar-refractivity contribution < 1.29 is 9.53 Å². The first-order valence-corrected chi connectivity index (χ1v) is 66.8. The molecule has 872 valence electrons. The summed E-state index contributed by atoms with van der Waals surface area (Å²) in [5.41, 5.74) is 0. The highest BCUT2D eigenvalue weighted by molar-refractivity contribution is 5.65. The topological polar surface area (TPSA) is 26.3 Å². The second-order valence-corrected chi connectivity index (χ2v) is 40.1. The van der Waals surface area contributed by atoms with Gasteiger partial charge in [-0.2, -0.15) is 0 Å². The summed E-state index contributed by atoms with van der Waals surface area (Å²) in [6, 6.07) is 0. The number of rotatable bonds is 77. The van der Waals surface area contributed by atoms with Gasteiger partial charge in [0, 0.05) is 6.92 Å². The van der Waals surface area contributed by atoms with Gasteiger partial charge in [-0.15, -0.1) is 0 Å². The normalized spacial score (nSPS) is 9.35. The average molecular weight is 1990 g/mol. The van der Waals surface area contributed by atoms with Gasteiger partial charge in [0.05, 0.1) is 6.61 Å². The number of unbranched alkanes of at least 4 members (excludes halogenated alkanes) is 76. The number of ether oxygens (including phenoxy) is 1. The fourth-order valence-electron chi connectivity index (χ4n) is 13.1. The third-order valence-electron chi connectivity index (χ3n) is 23.3. The highest BCUT2D eigenvalue weighted by Crippen LogP contribution is 2.11. The number of carbonyl (C=O) groups is 1. The van der Waals surface area contributed by atoms with Crippen molar-refractivity contribution in [3.05, 3.63) is 0 Å². The van der Waals surface area contributed by atoms with Crippen LogP contribution < -0.4 is 0 Å². The summed E-state index contributed by atoms with van der Waals surface area (Å²) in [6.07, 6.45) is 133. The molecule has 0 fully saturated rings. The van der Waals surface area contributed by atoms with Crippen LogP contribution >= 0.6 is 0 Å². The van der Waals surface area contributed by atoms with Crippen LogP contribution in [0.15, 0.2) is 0 Å². The van der Waals surface area contributed by atoms with E-state index in [1.165, 1.54) is 617 Å². The van der Waals surface area contributed by atoms with E-state index in [-0.39, 0.29) is 5.97 Å². The third-order valence-corrected chi connectivity index (χ3v) is 23.3. The Morgan fingerprint density at radius 1 is 0.0935 bits per heavy atom. The molecule has 0 radical (unpaired) electrons. The second kappa shape index (κ2) is 259. The van der Waals surface area contributed by atoms with E-state index in [0.29, 0.717) is 6.61 Å². The lowest BCUT2D eigenvalue weighted by molar-refractivity contribution is -0.140. The molecule has 0 heterocycles. The molecule has 0 atom stereocenters. The van der Waals surface area contributed by atoms with Gasteiger partial charge in [-0.05, 0) is 6.92 Å². The molecule has 0 spiro atoms. The lowest BCUT2D eigenvalue weighted by Gasteiger charge is -1.90. The molecule has 0 aliphatic heterocycles. The van der Waals surface area contributed by atoms with Gasteiger partial charge in [-0.3, -0.25) is 4.79 Å². The Morgan fingerprint density at radius 3 is 0.151 bits per heavy atom. The molecule has 0 aliphatic carbocycles. The Balaban J connectivity index is -0.0000000596. The Bertz CT molecular complexity index is 909. The zero-order valence-corrected chi connectivity index (χ0v) is 109. The minimum Gasteiger partial charge on any atom is -0.466 e. The van der Waals surface area contributed by atoms with Crippen molar-refractivity contribution in [1.82, 2.24) is 0 Å². The Labute approximate surface area is 903 Å². The zero-order chi connectivity index (χ0) is 110. The second-order valence-electron chi connectivity index (χ2n) is 40.1. The molecule has 0 amide bonds. The molecule has 0 bridgehead atoms. The first-order chi connectivity index (χ1) is 67.6. The minimum atomic E-state index is -0.211. The van der Waals surface area contributed by atoms with Gasteiger partial charge >= 0.3 is 5.97 Å². The number of carbonyl (C=O) groups excluding carboxylic acids is 1. The summed E-state index contributed by atoms with van der Waals surface area (Å²) in [5, 5.41) is 0. The van der Waals surface area contributed by atoms with Gasteiger partial charge in [-0.25, -0.2) is 0 Å². The zero-order valence-electron chi connectivity index (χ0n) is 109. The smallest absolute Gasteiger partial charge is 0.302 e. The fraction of sp³-hybridized carbons (Fsp3) is 0.993. The van der Waals surface area contributed by atoms with Crippen molar-refractivity contribution in [2.45, 2.75) is 887 Å². The maximum absolute atomic E-state index is 9.82. The van der Waals surface area contributed by atoms with Gasteiger partial charge in [0.1, 0.15) is 0 Å². The van der Waals surface area contributed by atoms with E-state index in [1.54, 1.807) is 6.92 Å². The van der Waals surface area contributed by atoms with Gasteiger partial charge in [0.25, 0.3) is 0 Å². The van der Waals surface area contributed by atoms with Crippen molar-refractivity contribution in [2.75, 3.05) is 6.61 Å². The highest BCUT2D eigenvalue weighted by Gasteiger charge is 1.92. The summed E-state index contributed by atoms with van der Waals surface area (Å²) in [7, 11) is 0. The summed E-state index contributed by atoms with van der Waals surface area (Å²) in [6.45, 7) is 89.0. The van der Waals surface area contributed by atoms with Crippen LogP contribution in [-0.4, -0.2) is 12.6 Å². The summed E-state index contributed by atoms with van der Waals surface area (Å²) in [4.78, 5) is 9.82. The minimum absolute atomic E-state index is 0.211. The van der Waals surface area contributed by atoms with Gasteiger partial charge in [-0.1, -0.05) is 873 Å². The lowest BCUT2D eigenvalue weighted by Crippen LogP contribution is -1.95. The molecule has 0 saturated heterocycles. The Hall–Kier alpha value is -0.530. The number of esters is 1. The maximum atomic E-state index is 9.82. The summed E-state index contributed by atoms with van der Waals surface area (Å²) in [5.74, 6) is -0.211. The van der Waals surface area contributed by atoms with Crippen molar-refractivity contribution in [3.63, 3.8) is 0 Å². The van der Waals surface area contributed by atoms with Gasteiger partial charge < -0.3 is 4.74 Å². The van der Waals surface area contributed by atoms with Crippen molar-refractivity contribution >= 4 is 5.97 Å². The molecule has 0 unspecified atom stereocenters. The van der Waals surface area contributed by atoms with E-state index < -0.39 is 0 Å². The van der Waals surface area contributed by atoms with E-state index in [1.807, 2.05) is 0 Å². The first kappa shape index (κ1) is 186. The summed E-state index contributed by atoms with van der Waals surface area (Å²) < 4.78 is 4.40. The molecule has 0 aromatic carbocycles. The molecular weight excluding hydrogens is 1680 g/mol. The summed E-state index contributed by atoms with van der Waals surface area (Å²) >= 11 is 0. The average Bonchev–Trinajstić information content (AvgIpc) is 1.19. The maximum Gasteiger partial charge on any atom is 0.302 e. The molecule has 0 saturated carbocycles. The third kappa shape index (κ3) is 410. The van der Waals surface area contributed by atoms with E-state index in [4.69, 9.17) is 0 Å². The Kier molecular flexibility index (Phi) is 347. The predicted molar refractivity (Wildman–Crippen MR) is 677 cm³/mol. The fourth-order valence-corrected chi connectivity index (χ4v) is 13.1. The van der Waals surface area contributed by atoms with E-state index in [9.17, 15) is 4.79 Å². The number of hydrogen-bond acceptors (Lipinski definition) is 2. The predicted octanol–water partition coefficient (Wildman–Crippen LogP) is 57.1. The molecular formula is C137H312O2. The molecule has 0 aromatic heterocycles. The molecule has 2 nitrogen and oxygen atoms in total. The SMILES string of the molecule is CCCCCCC.CCCCCCC.CCCCCCC.CCCCCCC.CCCCCCC.CCCCCCC.CCCCCCC.CCCCCCC.CCCCCCC.CCCCCCC.CCCCCCC.CCCCCCC.CCCCCCC.CCCCCCC.CCCCCCC.CCCCCCC.CCCCCCC.CCCCCCC.CCCCCCC.CCOC(C)=O. The highest BCUT2D eigenvalue weighted by atomic mass is 16.5. The van der Waals surface area contributed by atoms with E-state index in [0.717, 1.165) is 0 Å². The van der Waals surface area contributed by atoms with Crippen LogP contribution in [0, 0.1) is 0 Å². The van der Waals surface area contributed by atoms with Gasteiger partial charge in [0.15, 0.2) is 0 Å². The van der Waals surface area contributed by atoms with Gasteiger partial charge in [0.2, 0.25) is 0 Å². The Morgan fingerprint density at radius 2 is 0.137 bits per heavy atom. The first-order valence-electron chi connectivity index (χ1n) is 66.8. The molecule has 0 N–H and O–H groups in total. The monoisotopic (exact) mass is 1990 g/mol. The number of hydrogen-bond donors (Lipinski definition) is 0. The van der Waals surface area contributed by atoms with E-state index in [2.05, 4.69) is 268 Å². The van der Waals surface area contributed by atoms with Crippen molar-refractivity contribution in [3.8, 4) is 0 Å². The standard InChI is InChI=1S/19C7H16.C4H8O2/c19*1-3-5-7-6-4-2;1-3-6-4(2)5/h19*3-7H2,1-2H3;3H2,1-2H3. The van der Waals surface area contributed by atoms with Crippen molar-refractivity contribution in [1.29, 1.82) is 0 Å². The lowest BCUT2D eigenvalue weighted by atomic mass is 10.2. The van der Waals surface area contributed by atoms with Crippen LogP contribution in [0.1, 0.15) is 887 Å². The largest absolute Gasteiger partial charge is 0.466 e. The molecule has 0 aliphatic rings. The van der Waals surface area contributed by atoms with Crippen LogP contribution in [0.25, 0.3) is 0 Å². The van der Waals surface area contributed by atoms with Crippen LogP contribution in [-0.2, 0) is 9.53 Å². The van der Waals surface area contributed by atoms with Crippen LogP contribution in [0.3, 0.4) is 0 Å². The van der Waals surface area contributed by atoms with E-state index >= 15 is 0 Å².